The van der Waals surface area contributed by atoms with E-state index in [1.807, 2.05) is 23.5 Å². The molecule has 1 unspecified atom stereocenters. The van der Waals surface area contributed by atoms with E-state index < -0.39 is 4.92 Å². The molecule has 7 heteroatoms. The number of anilines is 1. The maximum atomic E-state index is 11.0. The predicted octanol–water partition coefficient (Wildman–Crippen LogP) is 2.67. The number of hydrogen-bond donors (Lipinski definition) is 1. The molecule has 5 nitrogen and oxygen atoms in total. The predicted molar refractivity (Wildman–Crippen MR) is 80.5 cm³/mol. The second kappa shape index (κ2) is 6.81. The van der Waals surface area contributed by atoms with Crippen LogP contribution in [0.3, 0.4) is 0 Å². The number of nitro benzene ring substituents is 1. The largest absolute Gasteiger partial charge is 0.378 e. The van der Waals surface area contributed by atoms with Crippen LogP contribution in [0.2, 0.25) is 0 Å². The number of carbonyl (C=O) groups excluding carboxylic acids is 1. The van der Waals surface area contributed by atoms with Gasteiger partial charge in [-0.25, -0.2) is 0 Å². The van der Waals surface area contributed by atoms with Crippen molar-refractivity contribution < 1.29 is 9.72 Å². The van der Waals surface area contributed by atoms with Crippen molar-refractivity contribution in [1.29, 1.82) is 0 Å². The second-order valence-corrected chi connectivity index (χ2v) is 6.66. The number of carbonyl (C=O) groups is 1. The molecule has 0 amide bonds. The molecule has 1 heterocycles. The number of nitro groups is 1. The maximum Gasteiger partial charge on any atom is 0.293 e. The fourth-order valence-corrected chi connectivity index (χ4v) is 4.41. The summed E-state index contributed by atoms with van der Waals surface area (Å²) in [5, 5.41) is 14.6. The Kier molecular flexibility index (Phi) is 5.09. The highest BCUT2D eigenvalue weighted by Crippen LogP contribution is 2.28. The Bertz CT molecular complexity index is 476. The Morgan fingerprint density at radius 2 is 2.32 bits per heavy atom. The van der Waals surface area contributed by atoms with Crippen molar-refractivity contribution >= 4 is 41.2 Å². The molecule has 1 atom stereocenters. The van der Waals surface area contributed by atoms with Crippen LogP contribution in [-0.2, 0) is 0 Å². The minimum atomic E-state index is -0.460. The van der Waals surface area contributed by atoms with Crippen molar-refractivity contribution in [2.24, 2.45) is 0 Å². The van der Waals surface area contributed by atoms with Crippen LogP contribution in [0.15, 0.2) is 18.2 Å². The summed E-state index contributed by atoms with van der Waals surface area (Å²) >= 11 is 3.81. The lowest BCUT2D eigenvalue weighted by Gasteiger charge is -2.21. The van der Waals surface area contributed by atoms with Crippen LogP contribution in [0.25, 0.3) is 0 Å². The summed E-state index contributed by atoms with van der Waals surface area (Å²) in [6.07, 6.45) is 0.615. The normalized spacial score (nSPS) is 18.8. The molecule has 1 fully saturated rings. The van der Waals surface area contributed by atoms with E-state index in [1.165, 1.54) is 11.8 Å². The molecule has 2 rings (SSSR count). The smallest absolute Gasteiger partial charge is 0.293 e. The van der Waals surface area contributed by atoms with E-state index in [9.17, 15) is 14.9 Å². The molecule has 102 valence electrons. The number of nitrogens with one attached hydrogen (secondary N) is 1. The molecule has 1 N–H and O–H groups in total. The molecule has 0 aliphatic carbocycles. The average Bonchev–Trinajstić information content (AvgIpc) is 2.46. The zero-order chi connectivity index (χ0) is 13.7. The summed E-state index contributed by atoms with van der Waals surface area (Å²) in [5.74, 6) is 3.37. The van der Waals surface area contributed by atoms with Crippen LogP contribution < -0.4 is 5.32 Å². The lowest BCUT2D eigenvalue weighted by atomic mass is 10.2. The number of hydrogen-bond acceptors (Lipinski definition) is 6. The van der Waals surface area contributed by atoms with Crippen molar-refractivity contribution in [2.75, 3.05) is 29.1 Å². The first-order chi connectivity index (χ1) is 9.20. The molecule has 1 aliphatic rings. The quantitative estimate of drug-likeness (QED) is 0.512. The van der Waals surface area contributed by atoms with Gasteiger partial charge in [0.1, 0.15) is 12.0 Å². The van der Waals surface area contributed by atoms with E-state index in [0.717, 1.165) is 11.5 Å². The monoisotopic (exact) mass is 298 g/mol. The van der Waals surface area contributed by atoms with Gasteiger partial charge in [0.25, 0.3) is 5.69 Å². The molecule has 0 bridgehead atoms. The summed E-state index contributed by atoms with van der Waals surface area (Å²) < 4.78 is 0. The third-order valence-electron chi connectivity index (χ3n) is 2.76. The van der Waals surface area contributed by atoms with E-state index in [4.69, 9.17) is 0 Å². The highest BCUT2D eigenvalue weighted by atomic mass is 32.2. The fraction of sp³-hybridized carbons (Fsp3) is 0.417. The summed E-state index contributed by atoms with van der Waals surface area (Å²) in [5.41, 5.74) is 0.754. The number of nitrogens with zero attached hydrogens (tertiary/aromatic N) is 1. The van der Waals surface area contributed by atoms with Crippen molar-refractivity contribution in [2.45, 2.75) is 5.25 Å². The minimum absolute atomic E-state index is 0.0435. The first kappa shape index (κ1) is 14.2. The first-order valence-electron chi connectivity index (χ1n) is 5.87. The van der Waals surface area contributed by atoms with Gasteiger partial charge < -0.3 is 5.32 Å². The molecule has 0 radical (unpaired) electrons. The number of rotatable bonds is 5. The first-order valence-corrected chi connectivity index (χ1v) is 8.08. The van der Waals surface area contributed by atoms with Gasteiger partial charge in [0.2, 0.25) is 0 Å². The van der Waals surface area contributed by atoms with Gasteiger partial charge in [0.05, 0.1) is 4.92 Å². The van der Waals surface area contributed by atoms with E-state index in [0.29, 0.717) is 29.3 Å². The molecule has 1 aromatic rings. The number of benzene rings is 1. The Labute approximate surface area is 119 Å². The van der Waals surface area contributed by atoms with E-state index in [2.05, 4.69) is 5.32 Å². The lowest BCUT2D eigenvalue weighted by Crippen LogP contribution is -2.23. The van der Waals surface area contributed by atoms with Crippen LogP contribution in [-0.4, -0.2) is 40.3 Å². The van der Waals surface area contributed by atoms with E-state index in [-0.39, 0.29) is 5.69 Å². The SMILES string of the molecule is O=Cc1ccc(NCC2CSCCS2)c([N+](=O)[O-])c1. The topological polar surface area (TPSA) is 72.2 Å². The maximum absolute atomic E-state index is 11.0. The van der Waals surface area contributed by atoms with Crippen LogP contribution in [0.5, 0.6) is 0 Å². The Morgan fingerprint density at radius 1 is 1.47 bits per heavy atom. The van der Waals surface area contributed by atoms with Crippen molar-refractivity contribution in [1.82, 2.24) is 0 Å². The van der Waals surface area contributed by atoms with Gasteiger partial charge in [-0.15, -0.1) is 0 Å². The summed E-state index contributed by atoms with van der Waals surface area (Å²) in [7, 11) is 0. The highest BCUT2D eigenvalue weighted by molar-refractivity contribution is 8.06. The molecule has 19 heavy (non-hydrogen) atoms. The molecular formula is C12H14N2O3S2. The van der Waals surface area contributed by atoms with E-state index >= 15 is 0 Å². The minimum Gasteiger partial charge on any atom is -0.378 e. The summed E-state index contributed by atoms with van der Waals surface area (Å²) in [6, 6.07) is 4.49. The highest BCUT2D eigenvalue weighted by Gasteiger charge is 2.18. The summed E-state index contributed by atoms with van der Waals surface area (Å²) in [4.78, 5) is 21.2. The van der Waals surface area contributed by atoms with Crippen LogP contribution >= 0.6 is 23.5 Å². The van der Waals surface area contributed by atoms with Gasteiger partial charge in [-0.1, -0.05) is 0 Å². The van der Waals surface area contributed by atoms with Gasteiger partial charge in [-0.3, -0.25) is 14.9 Å². The van der Waals surface area contributed by atoms with Crippen molar-refractivity contribution in [3.8, 4) is 0 Å². The third-order valence-corrected chi connectivity index (χ3v) is 5.60. The lowest BCUT2D eigenvalue weighted by molar-refractivity contribution is -0.384. The molecular weight excluding hydrogens is 284 g/mol. The van der Waals surface area contributed by atoms with Crippen molar-refractivity contribution in [3.05, 3.63) is 33.9 Å². The molecule has 1 aromatic carbocycles. The van der Waals surface area contributed by atoms with E-state index in [1.54, 1.807) is 12.1 Å². The van der Waals surface area contributed by atoms with Crippen LogP contribution in [0, 0.1) is 10.1 Å². The van der Waals surface area contributed by atoms with Crippen molar-refractivity contribution in [3.63, 3.8) is 0 Å². The van der Waals surface area contributed by atoms with Crippen LogP contribution in [0.4, 0.5) is 11.4 Å². The molecule has 0 spiro atoms. The molecule has 1 saturated heterocycles. The third kappa shape index (κ3) is 3.87. The Morgan fingerprint density at radius 3 is 2.95 bits per heavy atom. The number of thioether (sulfide) groups is 2. The molecule has 1 aliphatic heterocycles. The zero-order valence-corrected chi connectivity index (χ0v) is 11.8. The van der Waals surface area contributed by atoms with Gasteiger partial charge in [-0.2, -0.15) is 23.5 Å². The second-order valence-electron chi connectivity index (χ2n) is 4.10. The average molecular weight is 298 g/mol. The molecule has 0 saturated carbocycles. The summed E-state index contributed by atoms with van der Waals surface area (Å²) in [6.45, 7) is 0.707. The fourth-order valence-electron chi connectivity index (χ4n) is 1.80. The van der Waals surface area contributed by atoms with Crippen LogP contribution in [0.1, 0.15) is 10.4 Å². The van der Waals surface area contributed by atoms with Gasteiger partial charge >= 0.3 is 0 Å². The number of aldehydes is 1. The molecule has 0 aromatic heterocycles. The Balaban J connectivity index is 2.06. The van der Waals surface area contributed by atoms with Gasteiger partial charge in [0.15, 0.2) is 0 Å². The van der Waals surface area contributed by atoms with Gasteiger partial charge in [-0.05, 0) is 12.1 Å². The zero-order valence-electron chi connectivity index (χ0n) is 10.2. The Hall–Kier alpha value is -1.21. The van der Waals surface area contributed by atoms with Gasteiger partial charge in [0, 0.05) is 40.7 Å². The standard InChI is InChI=1S/C12H14N2O3S2/c15-7-9-1-2-11(12(5-9)14(16)17)13-6-10-8-18-3-4-19-10/h1-2,5,7,10,13H,3-4,6,8H2.